The molecule has 0 saturated heterocycles. The second kappa shape index (κ2) is 16.1. The summed E-state index contributed by atoms with van der Waals surface area (Å²) in [6.45, 7) is 3.38. The van der Waals surface area contributed by atoms with Crippen molar-refractivity contribution in [2.45, 2.75) is 25.7 Å². The van der Waals surface area contributed by atoms with Crippen LogP contribution in [0, 0.1) is 5.92 Å². The molecule has 0 radical (unpaired) electrons. The van der Waals surface area contributed by atoms with E-state index >= 15 is 0 Å². The van der Waals surface area contributed by atoms with Crippen molar-refractivity contribution < 1.29 is 19.1 Å². The summed E-state index contributed by atoms with van der Waals surface area (Å²) in [4.78, 5) is 34.7. The summed E-state index contributed by atoms with van der Waals surface area (Å²) in [6, 6.07) is 7.42. The summed E-state index contributed by atoms with van der Waals surface area (Å²) in [5.41, 5.74) is 0.814. The number of hydrogen-bond acceptors (Lipinski definition) is 9. The third-order valence-corrected chi connectivity index (χ3v) is 6.65. The van der Waals surface area contributed by atoms with Gasteiger partial charge in [-0.25, -0.2) is 4.98 Å². The van der Waals surface area contributed by atoms with Crippen molar-refractivity contribution in [3.63, 3.8) is 0 Å². The van der Waals surface area contributed by atoms with Gasteiger partial charge in [-0.3, -0.25) is 9.59 Å². The van der Waals surface area contributed by atoms with Crippen LogP contribution in [0.15, 0.2) is 34.9 Å². The first-order valence-electron chi connectivity index (χ1n) is 13.0. The van der Waals surface area contributed by atoms with Crippen LogP contribution in [0.2, 0.25) is 0 Å². The van der Waals surface area contributed by atoms with Gasteiger partial charge in [-0.1, -0.05) is 6.42 Å². The maximum Gasteiger partial charge on any atom is 0.246 e. The molecule has 2 amide bonds. The normalized spacial score (nSPS) is 12.9. The van der Waals surface area contributed by atoms with Gasteiger partial charge in [0.15, 0.2) is 0 Å². The molecule has 0 bridgehead atoms. The number of anilines is 3. The van der Waals surface area contributed by atoms with E-state index in [-0.39, 0.29) is 24.3 Å². The molecule has 208 valence electrons. The molecule has 1 aromatic heterocycles. The summed E-state index contributed by atoms with van der Waals surface area (Å²) in [6.07, 6.45) is 5.73. The fraction of sp³-hybridized carbons (Fsp3) is 0.538. The highest BCUT2D eigenvalue weighted by atomic mass is 79.9. The highest BCUT2D eigenvalue weighted by Crippen LogP contribution is 2.28. The molecule has 0 aliphatic heterocycles. The number of aromatic nitrogens is 2. The number of amides is 2. The van der Waals surface area contributed by atoms with Crippen LogP contribution in [-0.4, -0.2) is 86.8 Å². The summed E-state index contributed by atoms with van der Waals surface area (Å²) in [5, 5.41) is 12.2. The van der Waals surface area contributed by atoms with Gasteiger partial charge in [-0.2, -0.15) is 4.98 Å². The predicted octanol–water partition coefficient (Wildman–Crippen LogP) is 2.77. The Labute approximate surface area is 232 Å². The predicted molar refractivity (Wildman–Crippen MR) is 151 cm³/mol. The van der Waals surface area contributed by atoms with E-state index in [4.69, 9.17) is 9.47 Å². The average molecular weight is 593 g/mol. The molecule has 1 aliphatic carbocycles. The van der Waals surface area contributed by atoms with Crippen molar-refractivity contribution >= 4 is 45.2 Å². The van der Waals surface area contributed by atoms with Gasteiger partial charge in [-0.15, -0.1) is 0 Å². The standard InChI is InChI=1S/C26H38BrN7O4/c1-28-12-15-37-18-23(35)29-13-16-38-21-9-7-20(8-10-21)32-26-31-17-22(27)24(33-26)30-11-4-14-34(2)25(36)19-5-3-6-19/h7-10,17,19,28H,3-6,11-16,18H2,1-2H3,(H,29,35)(H2,30,31,32,33). The number of carbonyl (C=O) groups is 2. The van der Waals surface area contributed by atoms with E-state index < -0.39 is 0 Å². The second-order valence-corrected chi connectivity index (χ2v) is 9.92. The lowest BCUT2D eigenvalue weighted by atomic mass is 9.84. The molecule has 38 heavy (non-hydrogen) atoms. The van der Waals surface area contributed by atoms with Crippen molar-refractivity contribution in [2.75, 3.05) is 70.7 Å². The van der Waals surface area contributed by atoms with E-state index in [9.17, 15) is 9.59 Å². The lowest BCUT2D eigenvalue weighted by molar-refractivity contribution is -0.136. The molecule has 0 unspecified atom stereocenters. The molecule has 1 aromatic carbocycles. The minimum Gasteiger partial charge on any atom is -0.492 e. The smallest absolute Gasteiger partial charge is 0.246 e. The molecule has 1 heterocycles. The molecule has 1 fully saturated rings. The molecule has 2 aromatic rings. The maximum atomic E-state index is 12.3. The van der Waals surface area contributed by atoms with Gasteiger partial charge in [-0.05, 0) is 66.5 Å². The monoisotopic (exact) mass is 591 g/mol. The van der Waals surface area contributed by atoms with E-state index in [0.29, 0.717) is 56.9 Å². The Morgan fingerprint density at radius 2 is 1.92 bits per heavy atom. The number of nitrogens with zero attached hydrogens (tertiary/aromatic N) is 3. The first-order valence-corrected chi connectivity index (χ1v) is 13.8. The quantitative estimate of drug-likeness (QED) is 0.205. The Hall–Kier alpha value is -2.96. The molecule has 1 saturated carbocycles. The Bertz CT molecular complexity index is 1020. The van der Waals surface area contributed by atoms with Crippen molar-refractivity contribution in [3.8, 4) is 5.75 Å². The Kier molecular flexibility index (Phi) is 12.5. The largest absolute Gasteiger partial charge is 0.492 e. The summed E-state index contributed by atoms with van der Waals surface area (Å²) in [5.74, 6) is 2.15. The van der Waals surface area contributed by atoms with Crippen LogP contribution in [0.3, 0.4) is 0 Å². The number of carbonyl (C=O) groups excluding carboxylic acids is 2. The van der Waals surface area contributed by atoms with Crippen LogP contribution in [0.4, 0.5) is 17.5 Å². The molecule has 12 heteroatoms. The van der Waals surface area contributed by atoms with Gasteiger partial charge < -0.3 is 35.6 Å². The third-order valence-electron chi connectivity index (χ3n) is 6.07. The first kappa shape index (κ1) is 29.6. The third kappa shape index (κ3) is 10.1. The zero-order chi connectivity index (χ0) is 27.2. The molecule has 3 rings (SSSR count). The number of likely N-dealkylation sites (N-methyl/N-ethyl adjacent to an activating group) is 1. The average Bonchev–Trinajstić information content (AvgIpc) is 2.88. The molecule has 4 N–H and O–H groups in total. The fourth-order valence-corrected chi connectivity index (χ4v) is 4.00. The van der Waals surface area contributed by atoms with Crippen LogP contribution < -0.4 is 26.0 Å². The molecular weight excluding hydrogens is 554 g/mol. The van der Waals surface area contributed by atoms with Gasteiger partial charge in [0.1, 0.15) is 24.8 Å². The summed E-state index contributed by atoms with van der Waals surface area (Å²) >= 11 is 3.49. The van der Waals surface area contributed by atoms with E-state index in [2.05, 4.69) is 47.2 Å². The van der Waals surface area contributed by atoms with Crippen molar-refractivity contribution in [1.29, 1.82) is 0 Å². The molecular formula is C26H38BrN7O4. The van der Waals surface area contributed by atoms with Crippen LogP contribution in [-0.2, 0) is 14.3 Å². The van der Waals surface area contributed by atoms with E-state index in [0.717, 1.165) is 35.8 Å². The molecule has 0 spiro atoms. The van der Waals surface area contributed by atoms with Crippen molar-refractivity contribution in [1.82, 2.24) is 25.5 Å². The lowest BCUT2D eigenvalue weighted by Gasteiger charge is -2.29. The Morgan fingerprint density at radius 1 is 1.13 bits per heavy atom. The number of halogens is 1. The first-order chi connectivity index (χ1) is 18.5. The summed E-state index contributed by atoms with van der Waals surface area (Å²) in [7, 11) is 3.71. The van der Waals surface area contributed by atoms with Crippen LogP contribution >= 0.6 is 15.9 Å². The van der Waals surface area contributed by atoms with Gasteiger partial charge in [0, 0.05) is 44.5 Å². The van der Waals surface area contributed by atoms with Crippen molar-refractivity contribution in [3.05, 3.63) is 34.9 Å². The fourth-order valence-electron chi connectivity index (χ4n) is 3.66. The van der Waals surface area contributed by atoms with Crippen LogP contribution in [0.1, 0.15) is 25.7 Å². The Morgan fingerprint density at radius 3 is 2.63 bits per heavy atom. The molecule has 1 aliphatic rings. The van der Waals surface area contributed by atoms with Gasteiger partial charge in [0.25, 0.3) is 0 Å². The highest BCUT2D eigenvalue weighted by Gasteiger charge is 2.27. The molecule has 0 atom stereocenters. The number of hydrogen-bond donors (Lipinski definition) is 4. The lowest BCUT2D eigenvalue weighted by Crippen LogP contribution is -2.37. The number of rotatable bonds is 17. The van der Waals surface area contributed by atoms with E-state index in [1.807, 2.05) is 43.3 Å². The number of benzene rings is 1. The van der Waals surface area contributed by atoms with Gasteiger partial charge in [0.2, 0.25) is 17.8 Å². The zero-order valence-corrected chi connectivity index (χ0v) is 23.7. The topological polar surface area (TPSA) is 130 Å². The molecule has 11 nitrogen and oxygen atoms in total. The summed E-state index contributed by atoms with van der Waals surface area (Å²) < 4.78 is 11.7. The van der Waals surface area contributed by atoms with Crippen molar-refractivity contribution in [2.24, 2.45) is 5.92 Å². The minimum absolute atomic E-state index is 0.0378. The van der Waals surface area contributed by atoms with Gasteiger partial charge in [0.05, 0.1) is 17.6 Å². The van der Waals surface area contributed by atoms with Crippen LogP contribution in [0.5, 0.6) is 5.75 Å². The van der Waals surface area contributed by atoms with E-state index in [1.165, 1.54) is 0 Å². The number of nitrogens with one attached hydrogen (secondary N) is 4. The minimum atomic E-state index is -0.168. The second-order valence-electron chi connectivity index (χ2n) is 9.06. The zero-order valence-electron chi connectivity index (χ0n) is 22.1. The van der Waals surface area contributed by atoms with Crippen LogP contribution in [0.25, 0.3) is 0 Å². The Balaban J connectivity index is 1.36. The number of ether oxygens (including phenoxy) is 2. The highest BCUT2D eigenvalue weighted by molar-refractivity contribution is 9.10. The SMILES string of the molecule is CNCCOCC(=O)NCCOc1ccc(Nc2ncc(Br)c(NCCCN(C)C(=O)C3CCC3)n2)cc1. The van der Waals surface area contributed by atoms with Gasteiger partial charge >= 0.3 is 0 Å². The van der Waals surface area contributed by atoms with E-state index in [1.54, 1.807) is 6.20 Å². The maximum absolute atomic E-state index is 12.3.